The lowest BCUT2D eigenvalue weighted by atomic mass is 9.97. The first-order valence-electron chi connectivity index (χ1n) is 8.79. The Morgan fingerprint density at radius 3 is 2.44 bits per heavy atom. The molecule has 2 N–H and O–H groups in total. The molecule has 1 aliphatic rings. The second-order valence-electron chi connectivity index (χ2n) is 7.45. The average Bonchev–Trinajstić information content (AvgIpc) is 2.63. The zero-order chi connectivity index (χ0) is 19.6. The Balaban J connectivity index is 1.71. The monoisotopic (exact) mass is 386 g/mol. The maximum absolute atomic E-state index is 12.2. The Bertz CT molecular complexity index is 873. The SMILES string of the molecule is CC(C)(C)OC(=O)N1CC=C(c2ccc(-c3cc(Cl)nnc3N)cc2)CC1. The minimum absolute atomic E-state index is 0.273. The zero-order valence-corrected chi connectivity index (χ0v) is 16.5. The van der Waals surface area contributed by atoms with Gasteiger partial charge in [-0.1, -0.05) is 41.9 Å². The third-order valence-electron chi connectivity index (χ3n) is 4.22. The first-order valence-corrected chi connectivity index (χ1v) is 9.17. The van der Waals surface area contributed by atoms with Crippen molar-refractivity contribution in [3.05, 3.63) is 47.1 Å². The van der Waals surface area contributed by atoms with Gasteiger partial charge in [-0.3, -0.25) is 0 Å². The number of carbonyl (C=O) groups excluding carboxylic acids is 1. The molecule has 1 aliphatic heterocycles. The lowest BCUT2D eigenvalue weighted by Gasteiger charge is -2.29. The molecule has 6 nitrogen and oxygen atoms in total. The number of carbonyl (C=O) groups is 1. The molecule has 0 saturated carbocycles. The van der Waals surface area contributed by atoms with E-state index in [1.165, 1.54) is 5.57 Å². The standard InChI is InChI=1S/C20H23ClN4O2/c1-20(2,3)27-19(26)25-10-8-14(9-11-25)13-4-6-15(7-5-13)16-12-17(21)23-24-18(16)22/h4-8,12H,9-11H2,1-3H3,(H2,22,24). The molecular formula is C20H23ClN4O2. The van der Waals surface area contributed by atoms with E-state index < -0.39 is 5.60 Å². The summed E-state index contributed by atoms with van der Waals surface area (Å²) in [4.78, 5) is 13.9. The number of nitrogens with zero attached hydrogens (tertiary/aromatic N) is 3. The fourth-order valence-corrected chi connectivity index (χ4v) is 3.04. The summed E-state index contributed by atoms with van der Waals surface area (Å²) in [5.74, 6) is 0.344. The van der Waals surface area contributed by atoms with Crippen LogP contribution in [0.2, 0.25) is 5.15 Å². The molecular weight excluding hydrogens is 364 g/mol. The van der Waals surface area contributed by atoms with Crippen molar-refractivity contribution in [2.45, 2.75) is 32.8 Å². The molecule has 0 saturated heterocycles. The number of hydrogen-bond donors (Lipinski definition) is 1. The van der Waals surface area contributed by atoms with E-state index in [1.54, 1.807) is 11.0 Å². The summed E-state index contributed by atoms with van der Waals surface area (Å²) >= 11 is 5.92. The van der Waals surface area contributed by atoms with Crippen molar-refractivity contribution in [2.75, 3.05) is 18.8 Å². The van der Waals surface area contributed by atoms with E-state index in [-0.39, 0.29) is 6.09 Å². The average molecular weight is 387 g/mol. The topological polar surface area (TPSA) is 81.3 Å². The smallest absolute Gasteiger partial charge is 0.410 e. The number of aromatic nitrogens is 2. The maximum Gasteiger partial charge on any atom is 0.410 e. The highest BCUT2D eigenvalue weighted by molar-refractivity contribution is 6.29. The summed E-state index contributed by atoms with van der Waals surface area (Å²) in [5, 5.41) is 7.90. The van der Waals surface area contributed by atoms with E-state index in [1.807, 2.05) is 45.0 Å². The second kappa shape index (κ2) is 7.56. The molecule has 27 heavy (non-hydrogen) atoms. The van der Waals surface area contributed by atoms with Crippen LogP contribution >= 0.6 is 11.6 Å². The number of ether oxygens (including phenoxy) is 1. The Morgan fingerprint density at radius 2 is 1.85 bits per heavy atom. The molecule has 1 aromatic carbocycles. The minimum atomic E-state index is -0.483. The molecule has 7 heteroatoms. The zero-order valence-electron chi connectivity index (χ0n) is 15.7. The summed E-state index contributed by atoms with van der Waals surface area (Å²) in [6.07, 6.45) is 2.58. The molecule has 3 rings (SSSR count). The number of nitrogen functional groups attached to an aromatic ring is 1. The maximum atomic E-state index is 12.2. The van der Waals surface area contributed by atoms with Crippen molar-refractivity contribution in [3.8, 4) is 11.1 Å². The number of halogens is 1. The third kappa shape index (κ3) is 4.77. The van der Waals surface area contributed by atoms with Gasteiger partial charge in [0.2, 0.25) is 0 Å². The number of nitrogens with two attached hydrogens (primary N) is 1. The van der Waals surface area contributed by atoms with Gasteiger partial charge >= 0.3 is 6.09 Å². The van der Waals surface area contributed by atoms with Gasteiger partial charge in [-0.25, -0.2) is 4.79 Å². The molecule has 1 aromatic heterocycles. The summed E-state index contributed by atoms with van der Waals surface area (Å²) in [6.45, 7) is 6.80. The molecule has 2 aromatic rings. The first kappa shape index (κ1) is 19.2. The number of amides is 1. The van der Waals surface area contributed by atoms with Crippen LogP contribution < -0.4 is 5.73 Å². The van der Waals surface area contributed by atoms with Gasteiger partial charge in [-0.15, -0.1) is 10.2 Å². The van der Waals surface area contributed by atoms with Crippen LogP contribution in [0.3, 0.4) is 0 Å². The Kier molecular flexibility index (Phi) is 5.37. The van der Waals surface area contributed by atoms with Crippen LogP contribution in [-0.4, -0.2) is 39.9 Å². The normalized spacial score (nSPS) is 14.7. The minimum Gasteiger partial charge on any atom is -0.444 e. The molecule has 0 aliphatic carbocycles. The third-order valence-corrected chi connectivity index (χ3v) is 4.40. The van der Waals surface area contributed by atoms with Crippen LogP contribution in [0, 0.1) is 0 Å². The predicted molar refractivity (Wildman–Crippen MR) is 107 cm³/mol. The van der Waals surface area contributed by atoms with Gasteiger partial charge in [0.25, 0.3) is 0 Å². The van der Waals surface area contributed by atoms with Crippen molar-refractivity contribution < 1.29 is 9.53 Å². The quantitative estimate of drug-likeness (QED) is 0.826. The summed E-state index contributed by atoms with van der Waals surface area (Å²) in [7, 11) is 0. The van der Waals surface area contributed by atoms with Gasteiger partial charge < -0.3 is 15.4 Å². The van der Waals surface area contributed by atoms with Crippen molar-refractivity contribution in [3.63, 3.8) is 0 Å². The van der Waals surface area contributed by atoms with E-state index in [0.717, 1.165) is 23.1 Å². The second-order valence-corrected chi connectivity index (χ2v) is 7.84. The van der Waals surface area contributed by atoms with Gasteiger partial charge in [0, 0.05) is 18.7 Å². The summed E-state index contributed by atoms with van der Waals surface area (Å²) < 4.78 is 5.43. The Hall–Kier alpha value is -2.60. The van der Waals surface area contributed by atoms with Crippen molar-refractivity contribution in [1.82, 2.24) is 15.1 Å². The largest absolute Gasteiger partial charge is 0.444 e. The Morgan fingerprint density at radius 1 is 1.19 bits per heavy atom. The van der Waals surface area contributed by atoms with E-state index >= 15 is 0 Å². The van der Waals surface area contributed by atoms with Crippen molar-refractivity contribution in [1.29, 1.82) is 0 Å². The fourth-order valence-electron chi connectivity index (χ4n) is 2.90. The number of hydrogen-bond acceptors (Lipinski definition) is 5. The fraction of sp³-hybridized carbons (Fsp3) is 0.350. The lowest BCUT2D eigenvalue weighted by Crippen LogP contribution is -2.39. The molecule has 0 unspecified atom stereocenters. The predicted octanol–water partition coefficient (Wildman–Crippen LogP) is 4.40. The van der Waals surface area contributed by atoms with E-state index in [2.05, 4.69) is 16.3 Å². The molecule has 0 atom stereocenters. The number of anilines is 1. The van der Waals surface area contributed by atoms with Crippen LogP contribution in [0.15, 0.2) is 36.4 Å². The molecule has 2 heterocycles. The van der Waals surface area contributed by atoms with Crippen molar-refractivity contribution in [2.24, 2.45) is 0 Å². The van der Waals surface area contributed by atoms with E-state index in [9.17, 15) is 4.79 Å². The highest BCUT2D eigenvalue weighted by Gasteiger charge is 2.23. The highest BCUT2D eigenvalue weighted by atomic mass is 35.5. The molecule has 1 amide bonds. The summed E-state index contributed by atoms with van der Waals surface area (Å²) in [5.41, 5.74) is 9.43. The first-order chi connectivity index (χ1) is 12.7. The van der Waals surface area contributed by atoms with Crippen LogP contribution in [-0.2, 0) is 4.74 Å². The highest BCUT2D eigenvalue weighted by Crippen LogP contribution is 2.29. The van der Waals surface area contributed by atoms with Gasteiger partial charge in [-0.05, 0) is 50.0 Å². The van der Waals surface area contributed by atoms with Crippen LogP contribution in [0.4, 0.5) is 10.6 Å². The van der Waals surface area contributed by atoms with Gasteiger partial charge in [0.05, 0.1) is 0 Å². The Labute approximate surface area is 164 Å². The van der Waals surface area contributed by atoms with Crippen LogP contribution in [0.25, 0.3) is 16.7 Å². The van der Waals surface area contributed by atoms with Gasteiger partial charge in [-0.2, -0.15) is 0 Å². The lowest BCUT2D eigenvalue weighted by molar-refractivity contribution is 0.0270. The van der Waals surface area contributed by atoms with Crippen molar-refractivity contribution >= 4 is 29.1 Å². The molecule has 0 fully saturated rings. The number of benzene rings is 1. The molecule has 0 spiro atoms. The molecule has 0 radical (unpaired) electrons. The summed E-state index contributed by atoms with van der Waals surface area (Å²) in [6, 6.07) is 9.76. The van der Waals surface area contributed by atoms with E-state index in [0.29, 0.717) is 24.1 Å². The molecule has 0 bridgehead atoms. The van der Waals surface area contributed by atoms with Crippen LogP contribution in [0.1, 0.15) is 32.8 Å². The van der Waals surface area contributed by atoms with Gasteiger partial charge in [0.15, 0.2) is 11.0 Å². The molecule has 142 valence electrons. The number of rotatable bonds is 2. The van der Waals surface area contributed by atoms with Crippen LogP contribution in [0.5, 0.6) is 0 Å². The van der Waals surface area contributed by atoms with Gasteiger partial charge in [0.1, 0.15) is 5.60 Å². The van der Waals surface area contributed by atoms with E-state index in [4.69, 9.17) is 22.1 Å².